The molecule has 3 heteroatoms. The molecule has 1 aliphatic carbocycles. The fraction of sp³-hybridized carbons (Fsp3) is 0.600. The molecule has 1 aromatic rings. The molecule has 1 nitrogen and oxygen atoms in total. The van der Waals surface area contributed by atoms with Crippen LogP contribution in [0.1, 0.15) is 37.7 Å². The molecule has 100 valence electrons. The molecule has 0 saturated heterocycles. The highest BCUT2D eigenvalue weighted by molar-refractivity contribution is 9.10. The van der Waals surface area contributed by atoms with Crippen molar-refractivity contribution in [1.82, 2.24) is 5.32 Å². The molecule has 1 saturated carbocycles. The van der Waals surface area contributed by atoms with E-state index in [4.69, 9.17) is 0 Å². The molecule has 0 spiro atoms. The van der Waals surface area contributed by atoms with Crippen LogP contribution in [0.5, 0.6) is 0 Å². The van der Waals surface area contributed by atoms with Crippen molar-refractivity contribution in [3.8, 4) is 0 Å². The highest BCUT2D eigenvalue weighted by atomic mass is 79.9. The van der Waals surface area contributed by atoms with E-state index in [0.29, 0.717) is 6.04 Å². The minimum absolute atomic E-state index is 0.691. The zero-order chi connectivity index (χ0) is 13.0. The van der Waals surface area contributed by atoms with Gasteiger partial charge in [0.05, 0.1) is 0 Å². The number of hydrogen-bond acceptors (Lipinski definition) is 2. The third-order valence-corrected chi connectivity index (χ3v) is 5.08. The number of nitrogens with one attached hydrogen (secondary N) is 1. The summed E-state index contributed by atoms with van der Waals surface area (Å²) in [5.74, 6) is 2.00. The lowest BCUT2D eigenvalue weighted by molar-refractivity contribution is 0.269. The number of thioether (sulfide) groups is 1. The summed E-state index contributed by atoms with van der Waals surface area (Å²) in [6.07, 6.45) is 6.02. The van der Waals surface area contributed by atoms with Crippen LogP contribution in [0, 0.1) is 0 Å². The van der Waals surface area contributed by atoms with E-state index in [1.807, 2.05) is 11.8 Å². The summed E-state index contributed by atoms with van der Waals surface area (Å²) in [5.41, 5.74) is 1.49. The van der Waals surface area contributed by atoms with E-state index in [9.17, 15) is 0 Å². The first kappa shape index (κ1) is 14.4. The Balaban J connectivity index is 1.78. The van der Waals surface area contributed by atoms with Crippen LogP contribution in [0.3, 0.4) is 0 Å². The maximum atomic E-state index is 3.79. The lowest BCUT2D eigenvalue weighted by atomic mass is 9.75. The first-order valence-corrected chi connectivity index (χ1v) is 8.92. The molecule has 0 amide bonds. The van der Waals surface area contributed by atoms with Crippen LogP contribution in [0.4, 0.5) is 0 Å². The Hall–Kier alpha value is 0.01000. The van der Waals surface area contributed by atoms with Gasteiger partial charge in [0.15, 0.2) is 0 Å². The summed E-state index contributed by atoms with van der Waals surface area (Å²) in [4.78, 5) is 0. The Labute approximate surface area is 123 Å². The number of halogens is 1. The van der Waals surface area contributed by atoms with Gasteiger partial charge in [0.1, 0.15) is 0 Å². The molecule has 0 bridgehead atoms. The molecule has 18 heavy (non-hydrogen) atoms. The summed E-state index contributed by atoms with van der Waals surface area (Å²) >= 11 is 5.43. The number of rotatable bonds is 6. The van der Waals surface area contributed by atoms with Crippen LogP contribution in [-0.4, -0.2) is 24.1 Å². The third kappa shape index (κ3) is 3.75. The van der Waals surface area contributed by atoms with Crippen LogP contribution in [-0.2, 0) is 0 Å². The highest BCUT2D eigenvalue weighted by Crippen LogP contribution is 2.37. The molecular weight excluding hydrogens is 306 g/mol. The van der Waals surface area contributed by atoms with E-state index in [0.717, 1.165) is 12.0 Å². The van der Waals surface area contributed by atoms with Crippen LogP contribution < -0.4 is 5.32 Å². The molecule has 1 fully saturated rings. The van der Waals surface area contributed by atoms with Gasteiger partial charge in [-0.15, -0.1) is 0 Å². The van der Waals surface area contributed by atoms with Gasteiger partial charge in [0.2, 0.25) is 0 Å². The van der Waals surface area contributed by atoms with Crippen molar-refractivity contribution in [2.45, 2.75) is 44.2 Å². The first-order valence-electron chi connectivity index (χ1n) is 6.73. The standard InChI is InChI=1S/C15H22BrNS/c1-3-14(10-18-2)17-15-8-12(9-15)11-4-6-13(16)7-5-11/h4-7,12,14-15,17H,3,8-10H2,1-2H3. The van der Waals surface area contributed by atoms with Crippen LogP contribution in [0.15, 0.2) is 28.7 Å². The van der Waals surface area contributed by atoms with E-state index in [-0.39, 0.29) is 0 Å². The lowest BCUT2D eigenvalue weighted by Crippen LogP contribution is -2.46. The van der Waals surface area contributed by atoms with Gasteiger partial charge in [-0.05, 0) is 49.1 Å². The fourth-order valence-corrected chi connectivity index (χ4v) is 3.58. The van der Waals surface area contributed by atoms with E-state index in [2.05, 4.69) is 58.7 Å². The summed E-state index contributed by atoms with van der Waals surface area (Å²) in [6, 6.07) is 10.2. The van der Waals surface area contributed by atoms with Crippen molar-refractivity contribution in [3.63, 3.8) is 0 Å². The van der Waals surface area contributed by atoms with Gasteiger partial charge < -0.3 is 5.32 Å². The lowest BCUT2D eigenvalue weighted by Gasteiger charge is -2.38. The Morgan fingerprint density at radius 1 is 1.33 bits per heavy atom. The molecule has 0 aliphatic heterocycles. The Bertz CT molecular complexity index is 359. The smallest absolute Gasteiger partial charge is 0.0175 e. The third-order valence-electron chi connectivity index (χ3n) is 3.81. The molecule has 1 aliphatic rings. The molecule has 1 atom stereocenters. The first-order chi connectivity index (χ1) is 8.72. The molecule has 2 rings (SSSR count). The number of benzene rings is 1. The predicted molar refractivity (Wildman–Crippen MR) is 85.5 cm³/mol. The van der Waals surface area contributed by atoms with Gasteiger partial charge in [-0.25, -0.2) is 0 Å². The summed E-state index contributed by atoms with van der Waals surface area (Å²) in [6.45, 7) is 2.28. The second-order valence-corrected chi connectivity index (χ2v) is 6.97. The summed E-state index contributed by atoms with van der Waals surface area (Å²) < 4.78 is 1.17. The molecule has 0 aromatic heterocycles. The summed E-state index contributed by atoms with van der Waals surface area (Å²) in [5, 5.41) is 3.79. The largest absolute Gasteiger partial charge is 0.310 e. The second kappa shape index (κ2) is 6.97. The minimum atomic E-state index is 0.691. The molecule has 1 N–H and O–H groups in total. The molecule has 0 heterocycles. The quantitative estimate of drug-likeness (QED) is 0.829. The maximum absolute atomic E-state index is 3.79. The van der Waals surface area contributed by atoms with E-state index in [1.165, 1.54) is 35.1 Å². The average Bonchev–Trinajstić information content (AvgIpc) is 2.33. The molecule has 1 aromatic carbocycles. The van der Waals surface area contributed by atoms with E-state index in [1.54, 1.807) is 0 Å². The van der Waals surface area contributed by atoms with E-state index >= 15 is 0 Å². The SMILES string of the molecule is CCC(CSC)NC1CC(c2ccc(Br)cc2)C1. The number of hydrogen-bond donors (Lipinski definition) is 1. The van der Waals surface area contributed by atoms with Gasteiger partial charge in [0, 0.05) is 22.3 Å². The van der Waals surface area contributed by atoms with Crippen LogP contribution >= 0.6 is 27.7 Å². The van der Waals surface area contributed by atoms with Gasteiger partial charge in [-0.3, -0.25) is 0 Å². The highest BCUT2D eigenvalue weighted by Gasteiger charge is 2.31. The second-order valence-electron chi connectivity index (χ2n) is 5.14. The van der Waals surface area contributed by atoms with Crippen LogP contribution in [0.25, 0.3) is 0 Å². The normalized spacial score (nSPS) is 24.6. The molecule has 0 radical (unpaired) electrons. The van der Waals surface area contributed by atoms with E-state index < -0.39 is 0 Å². The van der Waals surface area contributed by atoms with Gasteiger partial charge in [0.25, 0.3) is 0 Å². The van der Waals surface area contributed by atoms with Crippen molar-refractivity contribution in [3.05, 3.63) is 34.3 Å². The molecule has 1 unspecified atom stereocenters. The zero-order valence-electron chi connectivity index (χ0n) is 11.2. The maximum Gasteiger partial charge on any atom is 0.0175 e. The summed E-state index contributed by atoms with van der Waals surface area (Å²) in [7, 11) is 0. The van der Waals surface area contributed by atoms with Crippen molar-refractivity contribution >= 4 is 27.7 Å². The Morgan fingerprint density at radius 2 is 2.00 bits per heavy atom. The monoisotopic (exact) mass is 327 g/mol. The molecular formula is C15H22BrNS. The van der Waals surface area contributed by atoms with Gasteiger partial charge >= 0.3 is 0 Å². The average molecular weight is 328 g/mol. The van der Waals surface area contributed by atoms with Crippen molar-refractivity contribution < 1.29 is 0 Å². The van der Waals surface area contributed by atoms with Crippen molar-refractivity contribution in [2.75, 3.05) is 12.0 Å². The van der Waals surface area contributed by atoms with Gasteiger partial charge in [-0.2, -0.15) is 11.8 Å². The zero-order valence-corrected chi connectivity index (χ0v) is 13.6. The predicted octanol–water partition coefficient (Wildman–Crippen LogP) is 4.43. The van der Waals surface area contributed by atoms with Gasteiger partial charge in [-0.1, -0.05) is 35.0 Å². The Kier molecular flexibility index (Phi) is 5.58. The Morgan fingerprint density at radius 3 is 2.56 bits per heavy atom. The van der Waals surface area contributed by atoms with Crippen molar-refractivity contribution in [1.29, 1.82) is 0 Å². The minimum Gasteiger partial charge on any atom is -0.310 e. The van der Waals surface area contributed by atoms with Crippen molar-refractivity contribution in [2.24, 2.45) is 0 Å². The van der Waals surface area contributed by atoms with Crippen LogP contribution in [0.2, 0.25) is 0 Å². The topological polar surface area (TPSA) is 12.0 Å². The fourth-order valence-electron chi connectivity index (χ4n) is 2.58.